The lowest BCUT2D eigenvalue weighted by atomic mass is 10.2. The van der Waals surface area contributed by atoms with Gasteiger partial charge < -0.3 is 10.1 Å². The van der Waals surface area contributed by atoms with Crippen LogP contribution in [-0.2, 0) is 4.79 Å². The molecule has 0 saturated heterocycles. The number of carbonyl (C=O) groups excluding carboxylic acids is 1. The van der Waals surface area contributed by atoms with Crippen LogP contribution in [0.2, 0.25) is 0 Å². The number of benzene rings is 2. The molecule has 0 aliphatic rings. The van der Waals surface area contributed by atoms with Crippen LogP contribution >= 0.6 is 31.9 Å². The number of amides is 1. The first kappa shape index (κ1) is 18.5. The van der Waals surface area contributed by atoms with Crippen molar-refractivity contribution in [3.8, 4) is 5.75 Å². The highest BCUT2D eigenvalue weighted by Gasteiger charge is 2.05. The molecule has 0 unspecified atom stereocenters. The van der Waals surface area contributed by atoms with E-state index in [4.69, 9.17) is 4.74 Å². The second-order valence-electron chi connectivity index (χ2n) is 4.99. The lowest BCUT2D eigenvalue weighted by Crippen LogP contribution is -2.25. The van der Waals surface area contributed by atoms with E-state index in [9.17, 15) is 4.79 Å². The van der Waals surface area contributed by atoms with E-state index in [-0.39, 0.29) is 12.5 Å². The van der Waals surface area contributed by atoms with Crippen LogP contribution in [0.25, 0.3) is 0 Å². The van der Waals surface area contributed by atoms with Crippen LogP contribution in [-0.4, -0.2) is 25.8 Å². The summed E-state index contributed by atoms with van der Waals surface area (Å²) >= 11 is 6.96. The third-order valence-electron chi connectivity index (χ3n) is 3.23. The molecule has 0 spiro atoms. The van der Waals surface area contributed by atoms with Crippen molar-refractivity contribution < 1.29 is 9.53 Å². The minimum absolute atomic E-state index is 0.122. The van der Waals surface area contributed by atoms with E-state index in [2.05, 4.69) is 47.7 Å². The Balaban J connectivity index is 1.86. The van der Waals surface area contributed by atoms with Gasteiger partial charge in [-0.05, 0) is 42.3 Å². The molecule has 0 heterocycles. The fourth-order valence-corrected chi connectivity index (χ4v) is 3.06. The summed E-state index contributed by atoms with van der Waals surface area (Å²) in [4.78, 5) is 11.8. The van der Waals surface area contributed by atoms with Crippen molar-refractivity contribution in [1.82, 2.24) is 5.43 Å². The molecule has 0 fully saturated rings. The summed E-state index contributed by atoms with van der Waals surface area (Å²) in [7, 11) is 1.60. The van der Waals surface area contributed by atoms with Crippen LogP contribution in [0.15, 0.2) is 50.4 Å². The maximum atomic E-state index is 11.8. The topological polar surface area (TPSA) is 62.7 Å². The Morgan fingerprint density at radius 1 is 1.25 bits per heavy atom. The molecule has 7 heteroatoms. The average Bonchev–Trinajstić information content (AvgIpc) is 2.58. The smallest absolute Gasteiger partial charge is 0.259 e. The zero-order chi connectivity index (χ0) is 17.5. The zero-order valence-electron chi connectivity index (χ0n) is 13.3. The lowest BCUT2D eigenvalue weighted by molar-refractivity contribution is -0.119. The summed E-state index contributed by atoms with van der Waals surface area (Å²) in [6.07, 6.45) is 1.57. The van der Waals surface area contributed by atoms with Crippen molar-refractivity contribution in [1.29, 1.82) is 0 Å². The van der Waals surface area contributed by atoms with E-state index >= 15 is 0 Å². The van der Waals surface area contributed by atoms with Gasteiger partial charge in [0.05, 0.1) is 19.9 Å². The molecule has 0 aliphatic heterocycles. The number of carbonyl (C=O) groups is 1. The predicted octanol–water partition coefficient (Wildman–Crippen LogP) is 4.09. The standard InChI is InChI=1S/C17H17Br2N3O2/c1-11-15(18)7-13(8-16(11)19)20-10-17(23)22-21-9-12-4-3-5-14(6-12)24-2/h3-9,20H,10H2,1-2H3,(H,22,23)/b21-9+. The number of anilines is 1. The molecule has 2 rings (SSSR count). The highest BCUT2D eigenvalue weighted by Crippen LogP contribution is 2.28. The summed E-state index contributed by atoms with van der Waals surface area (Å²) in [6.45, 7) is 2.12. The molecule has 2 aromatic rings. The Bertz CT molecular complexity index is 740. The molecule has 2 N–H and O–H groups in total. The monoisotopic (exact) mass is 453 g/mol. The van der Waals surface area contributed by atoms with Gasteiger partial charge >= 0.3 is 0 Å². The first-order chi connectivity index (χ1) is 11.5. The largest absolute Gasteiger partial charge is 0.497 e. The highest BCUT2D eigenvalue weighted by molar-refractivity contribution is 9.11. The van der Waals surface area contributed by atoms with Gasteiger partial charge in [0.25, 0.3) is 5.91 Å². The number of nitrogens with zero attached hydrogens (tertiary/aromatic N) is 1. The van der Waals surface area contributed by atoms with E-state index in [1.54, 1.807) is 13.3 Å². The van der Waals surface area contributed by atoms with Crippen LogP contribution in [0.3, 0.4) is 0 Å². The number of halogens is 2. The summed E-state index contributed by atoms with van der Waals surface area (Å²) in [5.41, 5.74) is 5.27. The molecule has 0 radical (unpaired) electrons. The van der Waals surface area contributed by atoms with Crippen LogP contribution in [0.1, 0.15) is 11.1 Å². The molecular formula is C17H17Br2N3O2. The Morgan fingerprint density at radius 2 is 1.96 bits per heavy atom. The Morgan fingerprint density at radius 3 is 2.62 bits per heavy atom. The quantitative estimate of drug-likeness (QED) is 0.510. The molecule has 24 heavy (non-hydrogen) atoms. The Labute approximate surface area is 157 Å². The minimum Gasteiger partial charge on any atom is -0.497 e. The molecule has 0 bridgehead atoms. The summed E-state index contributed by atoms with van der Waals surface area (Å²) in [5, 5.41) is 6.99. The first-order valence-corrected chi connectivity index (χ1v) is 8.73. The fraction of sp³-hybridized carbons (Fsp3) is 0.176. The average molecular weight is 455 g/mol. The number of rotatable bonds is 6. The third kappa shape index (κ3) is 5.35. The second-order valence-corrected chi connectivity index (χ2v) is 6.70. The van der Waals surface area contributed by atoms with Crippen molar-refractivity contribution in [3.63, 3.8) is 0 Å². The number of hydrogen-bond acceptors (Lipinski definition) is 4. The zero-order valence-corrected chi connectivity index (χ0v) is 16.4. The van der Waals surface area contributed by atoms with E-state index < -0.39 is 0 Å². The number of hydrogen-bond donors (Lipinski definition) is 2. The van der Waals surface area contributed by atoms with Crippen molar-refractivity contribution >= 4 is 49.7 Å². The van der Waals surface area contributed by atoms with Gasteiger partial charge in [0, 0.05) is 14.6 Å². The Kier molecular flexibility index (Phi) is 6.81. The summed E-state index contributed by atoms with van der Waals surface area (Å²) in [6, 6.07) is 11.3. The van der Waals surface area contributed by atoms with Crippen molar-refractivity contribution in [2.24, 2.45) is 5.10 Å². The number of ether oxygens (including phenoxy) is 1. The molecule has 0 aromatic heterocycles. The van der Waals surface area contributed by atoms with E-state index in [0.717, 1.165) is 31.5 Å². The number of methoxy groups -OCH3 is 1. The second kappa shape index (κ2) is 8.84. The lowest BCUT2D eigenvalue weighted by Gasteiger charge is -2.09. The Hall–Kier alpha value is -1.86. The molecule has 1 amide bonds. The van der Waals surface area contributed by atoms with E-state index in [1.165, 1.54) is 0 Å². The summed E-state index contributed by atoms with van der Waals surface area (Å²) in [5.74, 6) is 0.504. The van der Waals surface area contributed by atoms with Gasteiger partial charge in [-0.2, -0.15) is 5.10 Å². The number of hydrazone groups is 1. The highest BCUT2D eigenvalue weighted by atomic mass is 79.9. The van der Waals surface area contributed by atoms with Crippen LogP contribution in [0.5, 0.6) is 5.75 Å². The molecular weight excluding hydrogens is 438 g/mol. The van der Waals surface area contributed by atoms with Gasteiger partial charge in [0.15, 0.2) is 0 Å². The molecule has 0 atom stereocenters. The molecule has 2 aromatic carbocycles. The first-order valence-electron chi connectivity index (χ1n) is 7.15. The van der Waals surface area contributed by atoms with Gasteiger partial charge in [-0.25, -0.2) is 5.43 Å². The van der Waals surface area contributed by atoms with Crippen molar-refractivity contribution in [3.05, 3.63) is 56.5 Å². The van der Waals surface area contributed by atoms with Gasteiger partial charge in [0.2, 0.25) is 0 Å². The maximum Gasteiger partial charge on any atom is 0.259 e. The van der Waals surface area contributed by atoms with Gasteiger partial charge in [-0.15, -0.1) is 0 Å². The van der Waals surface area contributed by atoms with Gasteiger partial charge in [-0.3, -0.25) is 4.79 Å². The molecule has 126 valence electrons. The van der Waals surface area contributed by atoms with E-state index in [0.29, 0.717) is 0 Å². The van der Waals surface area contributed by atoms with Gasteiger partial charge in [-0.1, -0.05) is 44.0 Å². The predicted molar refractivity (Wildman–Crippen MR) is 104 cm³/mol. The van der Waals surface area contributed by atoms with Crippen molar-refractivity contribution in [2.75, 3.05) is 19.0 Å². The molecule has 0 aliphatic carbocycles. The molecule has 0 saturated carbocycles. The SMILES string of the molecule is COc1cccc(/C=N/NC(=O)CNc2cc(Br)c(C)c(Br)c2)c1. The summed E-state index contributed by atoms with van der Waals surface area (Å²) < 4.78 is 7.07. The minimum atomic E-state index is -0.234. The molecule has 5 nitrogen and oxygen atoms in total. The maximum absolute atomic E-state index is 11.8. The van der Waals surface area contributed by atoms with Gasteiger partial charge in [0.1, 0.15) is 5.75 Å². The van der Waals surface area contributed by atoms with Crippen LogP contribution < -0.4 is 15.5 Å². The normalized spacial score (nSPS) is 10.7. The van der Waals surface area contributed by atoms with E-state index in [1.807, 2.05) is 43.3 Å². The van der Waals surface area contributed by atoms with Crippen LogP contribution in [0, 0.1) is 6.92 Å². The fourth-order valence-electron chi connectivity index (χ4n) is 1.87. The third-order valence-corrected chi connectivity index (χ3v) is 4.88. The van der Waals surface area contributed by atoms with Crippen molar-refractivity contribution in [2.45, 2.75) is 6.92 Å². The van der Waals surface area contributed by atoms with Crippen LogP contribution in [0.4, 0.5) is 5.69 Å². The number of nitrogens with one attached hydrogen (secondary N) is 2.